The zero-order chi connectivity index (χ0) is 47.3. The van der Waals surface area contributed by atoms with Crippen molar-refractivity contribution in [1.29, 1.82) is 21.0 Å². The highest BCUT2D eigenvalue weighted by Crippen LogP contribution is 2.44. The van der Waals surface area contributed by atoms with Crippen molar-refractivity contribution in [3.63, 3.8) is 0 Å². The van der Waals surface area contributed by atoms with Crippen LogP contribution in [0.2, 0.25) is 0 Å². The van der Waals surface area contributed by atoms with Gasteiger partial charge in [-0.1, -0.05) is 121 Å². The van der Waals surface area contributed by atoms with Gasteiger partial charge in [0.25, 0.3) is 0 Å². The van der Waals surface area contributed by atoms with Crippen LogP contribution in [0.3, 0.4) is 0 Å². The largest absolute Gasteiger partial charge is 0.308 e. The smallest absolute Gasteiger partial charge is 0.166 e. The molecular formula is C61H32N8S. The van der Waals surface area contributed by atoms with Crippen molar-refractivity contribution in [3.05, 3.63) is 216 Å². The van der Waals surface area contributed by atoms with E-state index in [1.807, 2.05) is 72.8 Å². The average Bonchev–Trinajstić information content (AvgIpc) is 3.98. The van der Waals surface area contributed by atoms with E-state index in [1.165, 1.54) is 20.2 Å². The minimum Gasteiger partial charge on any atom is -0.308 e. The first-order valence-corrected chi connectivity index (χ1v) is 23.2. The van der Waals surface area contributed by atoms with Gasteiger partial charge >= 0.3 is 0 Å². The summed E-state index contributed by atoms with van der Waals surface area (Å²) in [6.07, 6.45) is 0. The molecule has 12 aromatic rings. The lowest BCUT2D eigenvalue weighted by molar-refractivity contribution is 1.06. The molecule has 8 nitrogen and oxygen atoms in total. The third-order valence-electron chi connectivity index (χ3n) is 12.7. The molecule has 0 N–H and O–H groups in total. The van der Waals surface area contributed by atoms with Crippen molar-refractivity contribution in [2.24, 2.45) is 0 Å². The zero-order valence-electron chi connectivity index (χ0n) is 37.0. The lowest BCUT2D eigenvalue weighted by Gasteiger charge is -2.17. The Balaban J connectivity index is 1.20. The summed E-state index contributed by atoms with van der Waals surface area (Å²) in [5.41, 5.74) is 11.6. The molecule has 70 heavy (non-hydrogen) atoms. The maximum absolute atomic E-state index is 9.99. The summed E-state index contributed by atoms with van der Waals surface area (Å²) in [4.78, 5) is 15.7. The predicted molar refractivity (Wildman–Crippen MR) is 279 cm³/mol. The minimum absolute atomic E-state index is 0.389. The first kappa shape index (κ1) is 41.4. The Morgan fingerprint density at radius 1 is 0.343 bits per heavy atom. The predicted octanol–water partition coefficient (Wildman–Crippen LogP) is 14.8. The van der Waals surface area contributed by atoms with Gasteiger partial charge in [0, 0.05) is 47.6 Å². The zero-order valence-corrected chi connectivity index (χ0v) is 37.8. The third-order valence-corrected chi connectivity index (χ3v) is 13.8. The van der Waals surface area contributed by atoms with Crippen molar-refractivity contribution >= 4 is 53.3 Å². The van der Waals surface area contributed by atoms with Crippen LogP contribution in [0, 0.1) is 45.3 Å². The second-order valence-corrected chi connectivity index (χ2v) is 18.0. The van der Waals surface area contributed by atoms with Gasteiger partial charge in [0.15, 0.2) is 17.5 Å². The summed E-state index contributed by atoms with van der Waals surface area (Å²) in [5, 5.41) is 44.2. The van der Waals surface area contributed by atoms with Crippen LogP contribution in [-0.4, -0.2) is 19.5 Å². The van der Waals surface area contributed by atoms with Crippen LogP contribution >= 0.6 is 11.3 Å². The molecule has 0 atom stereocenters. The average molecular weight is 909 g/mol. The van der Waals surface area contributed by atoms with Gasteiger partial charge in [-0.25, -0.2) is 15.0 Å². The summed E-state index contributed by atoms with van der Waals surface area (Å²) in [6.45, 7) is 0. The van der Waals surface area contributed by atoms with Gasteiger partial charge in [0.2, 0.25) is 0 Å². The van der Waals surface area contributed by atoms with Crippen molar-refractivity contribution in [2.45, 2.75) is 0 Å². The molecule has 0 aliphatic rings. The fourth-order valence-corrected chi connectivity index (χ4v) is 10.6. The second kappa shape index (κ2) is 17.0. The Hall–Kier alpha value is -10.0. The molecule has 0 amide bonds. The molecule has 3 heterocycles. The molecule has 3 aromatic heterocycles. The molecule has 9 aromatic carbocycles. The van der Waals surface area contributed by atoms with Crippen LogP contribution in [-0.2, 0) is 0 Å². The Kier molecular flexibility index (Phi) is 10.1. The topological polar surface area (TPSA) is 139 Å². The Bertz CT molecular complexity index is 4040. The van der Waals surface area contributed by atoms with Gasteiger partial charge in [0.1, 0.15) is 0 Å². The van der Waals surface area contributed by atoms with Gasteiger partial charge < -0.3 is 4.57 Å². The standard InChI is InChI=1S/C61H32N8S/c62-33-37-24-38(34-63)27-46(26-37)43-18-21-49-50-22-19-44(47-28-39(35-64)25-40(29-47)36-65)32-55(50)69(54(49)31-43)53-23-20-45(48-15-9-17-57-58(48)51-14-7-8-16-56(51)70-57)30-52(53)61-67-59(41-10-3-1-4-11-41)66-60(68-61)42-12-5-2-6-13-42/h1-32H. The Morgan fingerprint density at radius 3 is 1.37 bits per heavy atom. The molecule has 0 spiro atoms. The van der Waals surface area contributed by atoms with Gasteiger partial charge in [-0.3, -0.25) is 0 Å². The SMILES string of the molecule is N#Cc1cc(C#N)cc(-c2ccc3c4ccc(-c5cc(C#N)cc(C#N)c5)cc4n(-c4ccc(-c5cccc6sc7ccccc7c56)cc4-c4nc(-c5ccccc5)nc(-c5ccccc5)n4)c3c2)c1. The van der Waals surface area contributed by atoms with Gasteiger partial charge in [-0.05, 0) is 106 Å². The first-order chi connectivity index (χ1) is 34.5. The number of benzene rings is 9. The maximum atomic E-state index is 9.99. The lowest BCUT2D eigenvalue weighted by atomic mass is 9.96. The highest BCUT2D eigenvalue weighted by molar-refractivity contribution is 7.25. The monoisotopic (exact) mass is 908 g/mol. The van der Waals surface area contributed by atoms with Crippen molar-refractivity contribution < 1.29 is 0 Å². The first-order valence-electron chi connectivity index (χ1n) is 22.4. The molecule has 0 saturated carbocycles. The number of hydrogen-bond donors (Lipinski definition) is 0. The summed E-state index contributed by atoms with van der Waals surface area (Å²) < 4.78 is 4.62. The molecular weight excluding hydrogens is 877 g/mol. The maximum Gasteiger partial charge on any atom is 0.166 e. The van der Waals surface area contributed by atoms with E-state index in [0.717, 1.165) is 77.6 Å². The molecule has 12 rings (SSSR count). The molecule has 0 saturated heterocycles. The van der Waals surface area contributed by atoms with Crippen LogP contribution in [0.5, 0.6) is 0 Å². The summed E-state index contributed by atoms with van der Waals surface area (Å²) >= 11 is 1.77. The molecule has 0 aliphatic heterocycles. The van der Waals surface area contributed by atoms with E-state index < -0.39 is 0 Å². The summed E-state index contributed by atoms with van der Waals surface area (Å²) in [5.74, 6) is 1.51. The van der Waals surface area contributed by atoms with Gasteiger partial charge in [-0.15, -0.1) is 11.3 Å². The molecule has 0 radical (unpaired) electrons. The number of hydrogen-bond acceptors (Lipinski definition) is 8. The van der Waals surface area contributed by atoms with Crippen molar-refractivity contribution in [3.8, 4) is 97.5 Å². The Morgan fingerprint density at radius 2 is 0.829 bits per heavy atom. The normalized spacial score (nSPS) is 11.1. The van der Waals surface area contributed by atoms with Crippen LogP contribution in [0.1, 0.15) is 22.3 Å². The lowest BCUT2D eigenvalue weighted by Crippen LogP contribution is -2.04. The van der Waals surface area contributed by atoms with Crippen LogP contribution in [0.4, 0.5) is 0 Å². The van der Waals surface area contributed by atoms with Crippen LogP contribution in [0.15, 0.2) is 194 Å². The number of fused-ring (bicyclic) bond motifs is 6. The molecule has 0 aliphatic carbocycles. The Labute approximate surface area is 405 Å². The highest BCUT2D eigenvalue weighted by atomic mass is 32.1. The van der Waals surface area contributed by atoms with Crippen molar-refractivity contribution in [1.82, 2.24) is 19.5 Å². The van der Waals surface area contributed by atoms with E-state index in [0.29, 0.717) is 39.7 Å². The van der Waals surface area contributed by atoms with E-state index in [1.54, 1.807) is 47.7 Å². The summed E-state index contributed by atoms with van der Waals surface area (Å²) in [7, 11) is 0. The second-order valence-electron chi connectivity index (χ2n) is 16.9. The molecule has 9 heteroatoms. The van der Waals surface area contributed by atoms with Crippen LogP contribution < -0.4 is 0 Å². The number of nitriles is 4. The number of nitrogens with zero attached hydrogens (tertiary/aromatic N) is 8. The fourth-order valence-electron chi connectivity index (χ4n) is 9.51. The van der Waals surface area contributed by atoms with Crippen LogP contribution in [0.25, 0.3) is 115 Å². The van der Waals surface area contributed by atoms with Crippen molar-refractivity contribution in [2.75, 3.05) is 0 Å². The number of thiophene rings is 1. The number of rotatable bonds is 7. The van der Waals surface area contributed by atoms with Gasteiger partial charge in [0.05, 0.1) is 63.3 Å². The molecule has 0 bridgehead atoms. The minimum atomic E-state index is 0.389. The summed E-state index contributed by atoms with van der Waals surface area (Å²) in [6, 6.07) is 73.0. The number of aromatic nitrogens is 4. The third kappa shape index (κ3) is 7.17. The van der Waals surface area contributed by atoms with E-state index >= 15 is 0 Å². The molecule has 0 fully saturated rings. The fraction of sp³-hybridized carbons (Fsp3) is 0. The molecule has 0 unspecified atom stereocenters. The van der Waals surface area contributed by atoms with Gasteiger partial charge in [-0.2, -0.15) is 21.0 Å². The molecule has 322 valence electrons. The van der Waals surface area contributed by atoms with E-state index in [4.69, 9.17) is 15.0 Å². The quantitative estimate of drug-likeness (QED) is 0.155. The van der Waals surface area contributed by atoms with E-state index in [9.17, 15) is 21.0 Å². The van der Waals surface area contributed by atoms with E-state index in [2.05, 4.69) is 114 Å². The highest BCUT2D eigenvalue weighted by Gasteiger charge is 2.23. The van der Waals surface area contributed by atoms with E-state index in [-0.39, 0.29) is 0 Å².